The minimum absolute atomic E-state index is 0.316. The molecule has 7 heteroatoms. The fourth-order valence-corrected chi connectivity index (χ4v) is 3.24. The molecule has 24 heavy (non-hydrogen) atoms. The minimum Gasteiger partial charge on any atom is -0.537 e. The lowest BCUT2D eigenvalue weighted by molar-refractivity contribution is 0.299. The summed E-state index contributed by atoms with van der Waals surface area (Å²) in [4.78, 5) is 4.57. The Morgan fingerprint density at radius 1 is 1.04 bits per heavy atom. The van der Waals surface area contributed by atoms with E-state index in [0.29, 0.717) is 11.8 Å². The van der Waals surface area contributed by atoms with Gasteiger partial charge in [-0.1, -0.05) is 19.9 Å². The second-order valence-corrected chi connectivity index (χ2v) is 6.47. The maximum absolute atomic E-state index is 9.16. The van der Waals surface area contributed by atoms with Crippen molar-refractivity contribution in [3.63, 3.8) is 0 Å². The Bertz CT molecular complexity index is 454. The molecule has 0 spiro atoms. The van der Waals surface area contributed by atoms with Gasteiger partial charge in [0.15, 0.2) is 0 Å². The van der Waals surface area contributed by atoms with E-state index in [1.54, 1.807) is 0 Å². The summed E-state index contributed by atoms with van der Waals surface area (Å²) >= 11 is 11.8. The molecule has 0 saturated heterocycles. The van der Waals surface area contributed by atoms with Crippen LogP contribution in [0.1, 0.15) is 32.3 Å². The van der Waals surface area contributed by atoms with Gasteiger partial charge in [-0.15, -0.1) is 23.2 Å². The van der Waals surface area contributed by atoms with E-state index in [1.807, 2.05) is 12.1 Å². The van der Waals surface area contributed by atoms with Crippen molar-refractivity contribution >= 4 is 36.6 Å². The Balaban J connectivity index is 3.04. The van der Waals surface area contributed by atoms with Crippen LogP contribution in [0.2, 0.25) is 0 Å². The lowest BCUT2D eigenvalue weighted by Gasteiger charge is -2.27. The second kappa shape index (κ2) is 12.7. The summed E-state index contributed by atoms with van der Waals surface area (Å²) in [6, 6.07) is 6.14. The van der Waals surface area contributed by atoms with E-state index in [9.17, 15) is 0 Å². The van der Waals surface area contributed by atoms with E-state index in [2.05, 4.69) is 29.7 Å². The molecule has 0 radical (unpaired) electrons. The highest BCUT2D eigenvalue weighted by Crippen LogP contribution is 2.30. The van der Waals surface area contributed by atoms with Crippen LogP contribution >= 0.6 is 23.2 Å². The van der Waals surface area contributed by atoms with E-state index >= 15 is 0 Å². The number of alkyl halides is 2. The van der Waals surface area contributed by atoms with Crippen LogP contribution in [0.5, 0.6) is 5.75 Å². The molecule has 0 heterocycles. The van der Waals surface area contributed by atoms with Crippen molar-refractivity contribution in [3.8, 4) is 5.75 Å². The van der Waals surface area contributed by atoms with Gasteiger partial charge in [-0.25, -0.2) is 0 Å². The second-order valence-electron chi connectivity index (χ2n) is 5.72. The number of hydrogen-bond acceptors (Lipinski definition) is 4. The maximum Gasteiger partial charge on any atom is 0.504 e. The fourth-order valence-electron chi connectivity index (χ4n) is 2.76. The normalized spacial score (nSPS) is 10.9. The first-order valence-electron chi connectivity index (χ1n) is 8.65. The van der Waals surface area contributed by atoms with Gasteiger partial charge in [-0.2, -0.15) is 0 Å². The molecule has 0 saturated carbocycles. The summed E-state index contributed by atoms with van der Waals surface area (Å²) < 4.78 is 5.42. The first-order valence-corrected chi connectivity index (χ1v) is 9.72. The van der Waals surface area contributed by atoms with Gasteiger partial charge in [-0.3, -0.25) is 4.90 Å². The standard InChI is InChI=1S/C17H29BCl2N2O2/c1-3-9-22(10-4-2)16-13-15(5-6-17(16)24-18-23)14-21(11-7-19)12-8-20/h5-6,13,18,23H,3-4,7-12,14H2,1-2H3. The summed E-state index contributed by atoms with van der Waals surface area (Å²) in [7, 11) is -0.316. The molecule has 0 aliphatic rings. The van der Waals surface area contributed by atoms with Gasteiger partial charge in [0.1, 0.15) is 5.75 Å². The molecule has 0 aliphatic carbocycles. The van der Waals surface area contributed by atoms with Gasteiger partial charge in [-0.05, 0) is 30.5 Å². The minimum atomic E-state index is -0.316. The third kappa shape index (κ3) is 7.10. The van der Waals surface area contributed by atoms with Crippen molar-refractivity contribution in [2.24, 2.45) is 0 Å². The third-order valence-electron chi connectivity index (χ3n) is 3.78. The van der Waals surface area contributed by atoms with Crippen molar-refractivity contribution in [1.82, 2.24) is 4.90 Å². The molecule has 0 amide bonds. The average Bonchev–Trinajstić information content (AvgIpc) is 2.57. The number of hydrogen-bond donors (Lipinski definition) is 1. The number of benzene rings is 1. The monoisotopic (exact) mass is 374 g/mol. The van der Waals surface area contributed by atoms with Gasteiger partial charge < -0.3 is 14.6 Å². The zero-order valence-corrected chi connectivity index (χ0v) is 16.3. The van der Waals surface area contributed by atoms with Crippen LogP contribution in [0.25, 0.3) is 0 Å². The summed E-state index contributed by atoms with van der Waals surface area (Å²) in [5, 5.41) is 9.16. The zero-order chi connectivity index (χ0) is 17.8. The van der Waals surface area contributed by atoms with E-state index in [4.69, 9.17) is 32.9 Å². The summed E-state index contributed by atoms with van der Waals surface area (Å²) in [6.07, 6.45) is 2.13. The molecule has 1 N–H and O–H groups in total. The predicted molar refractivity (Wildman–Crippen MR) is 106 cm³/mol. The van der Waals surface area contributed by atoms with E-state index in [-0.39, 0.29) is 7.69 Å². The highest BCUT2D eigenvalue weighted by atomic mass is 35.5. The fraction of sp³-hybridized carbons (Fsp3) is 0.647. The highest BCUT2D eigenvalue weighted by molar-refractivity contribution is 6.18. The Morgan fingerprint density at radius 3 is 2.17 bits per heavy atom. The zero-order valence-electron chi connectivity index (χ0n) is 14.8. The largest absolute Gasteiger partial charge is 0.537 e. The molecule has 0 fully saturated rings. The number of nitrogens with zero attached hydrogens (tertiary/aromatic N) is 2. The van der Waals surface area contributed by atoms with Gasteiger partial charge in [0.2, 0.25) is 0 Å². The molecular weight excluding hydrogens is 346 g/mol. The molecule has 0 aliphatic heterocycles. The van der Waals surface area contributed by atoms with Gasteiger partial charge >= 0.3 is 7.69 Å². The molecular formula is C17H29BCl2N2O2. The Hall–Kier alpha value is -0.615. The molecule has 1 aromatic rings. The van der Waals surface area contributed by atoms with E-state index in [0.717, 1.165) is 57.0 Å². The third-order valence-corrected chi connectivity index (χ3v) is 4.12. The molecule has 0 bridgehead atoms. The topological polar surface area (TPSA) is 35.9 Å². The Labute approximate surface area is 157 Å². The Kier molecular flexibility index (Phi) is 11.3. The van der Waals surface area contributed by atoms with Crippen LogP contribution in [0, 0.1) is 0 Å². The van der Waals surface area contributed by atoms with Crippen molar-refractivity contribution in [2.75, 3.05) is 42.8 Å². The van der Waals surface area contributed by atoms with Crippen LogP contribution in [0.15, 0.2) is 18.2 Å². The SMILES string of the molecule is CCCN(CCC)c1cc(CN(CCCl)CCCl)ccc1OBO. The van der Waals surface area contributed by atoms with Crippen molar-refractivity contribution < 1.29 is 9.68 Å². The van der Waals surface area contributed by atoms with Gasteiger partial charge in [0.05, 0.1) is 5.69 Å². The predicted octanol–water partition coefficient (Wildman–Crippen LogP) is 3.23. The number of halogens is 2. The first kappa shape index (κ1) is 21.4. The molecule has 0 atom stereocenters. The number of anilines is 1. The van der Waals surface area contributed by atoms with Crippen molar-refractivity contribution in [3.05, 3.63) is 23.8 Å². The van der Waals surface area contributed by atoms with Gasteiger partial charge in [0, 0.05) is 44.5 Å². The maximum atomic E-state index is 9.16. The van der Waals surface area contributed by atoms with Crippen LogP contribution in [-0.4, -0.2) is 55.5 Å². The lowest BCUT2D eigenvalue weighted by atomic mass is 10.1. The molecule has 136 valence electrons. The van der Waals surface area contributed by atoms with Crippen LogP contribution < -0.4 is 9.55 Å². The van der Waals surface area contributed by atoms with Crippen LogP contribution in [0.3, 0.4) is 0 Å². The molecule has 1 rings (SSSR count). The van der Waals surface area contributed by atoms with Crippen LogP contribution in [0.4, 0.5) is 5.69 Å². The first-order chi connectivity index (χ1) is 11.7. The summed E-state index contributed by atoms with van der Waals surface area (Å²) in [5.41, 5.74) is 2.24. The van der Waals surface area contributed by atoms with Crippen molar-refractivity contribution in [2.45, 2.75) is 33.2 Å². The summed E-state index contributed by atoms with van der Waals surface area (Å²) in [6.45, 7) is 8.69. The van der Waals surface area contributed by atoms with E-state index < -0.39 is 0 Å². The average molecular weight is 375 g/mol. The smallest absolute Gasteiger partial charge is 0.504 e. The lowest BCUT2D eigenvalue weighted by Crippen LogP contribution is -2.28. The van der Waals surface area contributed by atoms with E-state index in [1.165, 1.54) is 5.56 Å². The highest BCUT2D eigenvalue weighted by Gasteiger charge is 2.14. The van der Waals surface area contributed by atoms with Crippen LogP contribution in [-0.2, 0) is 6.54 Å². The Morgan fingerprint density at radius 2 is 1.67 bits per heavy atom. The van der Waals surface area contributed by atoms with Gasteiger partial charge in [0.25, 0.3) is 0 Å². The summed E-state index contributed by atoms with van der Waals surface area (Å²) in [5.74, 6) is 1.91. The quantitative estimate of drug-likeness (QED) is 0.424. The van der Waals surface area contributed by atoms with Crippen molar-refractivity contribution in [1.29, 1.82) is 0 Å². The molecule has 0 unspecified atom stereocenters. The molecule has 1 aromatic carbocycles. The molecule has 4 nitrogen and oxygen atoms in total. The number of rotatable bonds is 13. The molecule has 0 aromatic heterocycles.